The minimum Gasteiger partial charge on any atom is -0.483 e. The molecule has 0 aliphatic carbocycles. The number of hydrogen-bond donors (Lipinski definition) is 0. The van der Waals surface area contributed by atoms with Crippen LogP contribution in [0.15, 0.2) is 72.8 Å². The molecule has 150 valence electrons. The van der Waals surface area contributed by atoms with Gasteiger partial charge in [-0.2, -0.15) is 5.26 Å². The van der Waals surface area contributed by atoms with Crippen molar-refractivity contribution in [3.63, 3.8) is 0 Å². The number of carbonyl (C=O) groups excluding carboxylic acids is 2. The lowest BCUT2D eigenvalue weighted by Gasteiger charge is -2.13. The van der Waals surface area contributed by atoms with Gasteiger partial charge in [-0.05, 0) is 47.5 Å². The van der Waals surface area contributed by atoms with Crippen LogP contribution in [0.5, 0.6) is 11.5 Å². The van der Waals surface area contributed by atoms with Crippen molar-refractivity contribution in [3.8, 4) is 28.7 Å². The van der Waals surface area contributed by atoms with E-state index in [1.165, 1.54) is 4.90 Å². The second-order valence-electron chi connectivity index (χ2n) is 6.68. The first kappa shape index (κ1) is 20.6. The number of nitriles is 1. The molecule has 0 saturated carbocycles. The summed E-state index contributed by atoms with van der Waals surface area (Å²) in [7, 11) is 3.26. The number of para-hydroxylation sites is 1. The summed E-state index contributed by atoms with van der Waals surface area (Å²) in [6.07, 6.45) is 0. The number of carbonyl (C=O) groups is 2. The van der Waals surface area contributed by atoms with Crippen molar-refractivity contribution in [2.75, 3.05) is 20.7 Å². The zero-order chi connectivity index (χ0) is 21.5. The van der Waals surface area contributed by atoms with Gasteiger partial charge in [0.15, 0.2) is 6.61 Å². The second-order valence-corrected chi connectivity index (χ2v) is 6.68. The van der Waals surface area contributed by atoms with Crippen molar-refractivity contribution in [2.24, 2.45) is 0 Å². The summed E-state index contributed by atoms with van der Waals surface area (Å²) >= 11 is 0. The SMILES string of the molecule is CN(C)C(=O)COc1ccccc1C(=O)Oc1ccc(-c2ccc(C#N)cc2)cc1. The molecular weight excluding hydrogens is 380 g/mol. The highest BCUT2D eigenvalue weighted by Gasteiger charge is 2.16. The van der Waals surface area contributed by atoms with E-state index in [0.717, 1.165) is 11.1 Å². The molecule has 3 rings (SSSR count). The van der Waals surface area contributed by atoms with Gasteiger partial charge in [-0.15, -0.1) is 0 Å². The molecule has 0 spiro atoms. The molecule has 0 fully saturated rings. The molecule has 6 heteroatoms. The minimum absolute atomic E-state index is 0.170. The van der Waals surface area contributed by atoms with Crippen LogP contribution in [0.3, 0.4) is 0 Å². The summed E-state index contributed by atoms with van der Waals surface area (Å²) in [5.41, 5.74) is 2.72. The predicted octanol–water partition coefficient (Wildman–Crippen LogP) is 3.91. The predicted molar refractivity (Wildman–Crippen MR) is 112 cm³/mol. The summed E-state index contributed by atoms with van der Waals surface area (Å²) in [5.74, 6) is -0.117. The van der Waals surface area contributed by atoms with Gasteiger partial charge in [0.25, 0.3) is 5.91 Å². The first-order chi connectivity index (χ1) is 14.5. The Balaban J connectivity index is 1.70. The Kier molecular flexibility index (Phi) is 6.46. The first-order valence-corrected chi connectivity index (χ1v) is 9.22. The Morgan fingerprint density at radius 2 is 1.50 bits per heavy atom. The molecule has 0 atom stereocenters. The van der Waals surface area contributed by atoms with Crippen LogP contribution in [0.4, 0.5) is 0 Å². The molecule has 1 amide bonds. The molecular formula is C24H20N2O4. The maximum Gasteiger partial charge on any atom is 0.347 e. The standard InChI is InChI=1S/C24H20N2O4/c1-26(2)23(27)16-29-22-6-4-3-5-21(22)24(28)30-20-13-11-19(12-14-20)18-9-7-17(15-25)8-10-18/h3-14H,16H2,1-2H3. The Labute approximate surface area is 174 Å². The van der Waals surface area contributed by atoms with Gasteiger partial charge in [0, 0.05) is 14.1 Å². The van der Waals surface area contributed by atoms with E-state index in [9.17, 15) is 9.59 Å². The summed E-state index contributed by atoms with van der Waals surface area (Å²) in [5, 5.41) is 8.89. The number of amides is 1. The number of benzene rings is 3. The topological polar surface area (TPSA) is 79.6 Å². The highest BCUT2D eigenvalue weighted by atomic mass is 16.5. The van der Waals surface area contributed by atoms with E-state index >= 15 is 0 Å². The number of rotatable bonds is 6. The summed E-state index contributed by atoms with van der Waals surface area (Å²) in [6, 6.07) is 23.0. The lowest BCUT2D eigenvalue weighted by Crippen LogP contribution is -2.28. The van der Waals surface area contributed by atoms with Gasteiger partial charge in [-0.3, -0.25) is 4.79 Å². The van der Waals surface area contributed by atoms with Gasteiger partial charge in [0.1, 0.15) is 17.1 Å². The van der Waals surface area contributed by atoms with Gasteiger partial charge in [-0.25, -0.2) is 4.79 Å². The Bertz CT molecular complexity index is 1080. The third-order valence-corrected chi connectivity index (χ3v) is 4.37. The summed E-state index contributed by atoms with van der Waals surface area (Å²) in [6.45, 7) is -0.170. The van der Waals surface area contributed by atoms with Crippen molar-refractivity contribution in [1.82, 2.24) is 4.90 Å². The van der Waals surface area contributed by atoms with Crippen LogP contribution in [0.1, 0.15) is 15.9 Å². The molecule has 3 aromatic carbocycles. The average Bonchev–Trinajstić information content (AvgIpc) is 2.78. The summed E-state index contributed by atoms with van der Waals surface area (Å²) in [4.78, 5) is 25.8. The fraction of sp³-hybridized carbons (Fsp3) is 0.125. The molecule has 0 N–H and O–H groups in total. The molecule has 0 aliphatic rings. The Morgan fingerprint density at radius 1 is 0.900 bits per heavy atom. The van der Waals surface area contributed by atoms with Crippen LogP contribution in [-0.2, 0) is 4.79 Å². The largest absolute Gasteiger partial charge is 0.483 e. The van der Waals surface area contributed by atoms with Crippen LogP contribution < -0.4 is 9.47 Å². The molecule has 0 heterocycles. The maximum absolute atomic E-state index is 12.6. The smallest absolute Gasteiger partial charge is 0.347 e. The number of likely N-dealkylation sites (N-methyl/N-ethyl adjacent to an activating group) is 1. The van der Waals surface area contributed by atoms with E-state index in [4.69, 9.17) is 14.7 Å². The van der Waals surface area contributed by atoms with E-state index < -0.39 is 5.97 Å². The van der Waals surface area contributed by atoms with Gasteiger partial charge < -0.3 is 14.4 Å². The number of hydrogen-bond acceptors (Lipinski definition) is 5. The van der Waals surface area contributed by atoms with Crippen molar-refractivity contribution in [3.05, 3.63) is 83.9 Å². The fourth-order valence-electron chi connectivity index (χ4n) is 2.64. The lowest BCUT2D eigenvalue weighted by molar-refractivity contribution is -0.130. The van der Waals surface area contributed by atoms with Crippen molar-refractivity contribution < 1.29 is 19.1 Å². The van der Waals surface area contributed by atoms with E-state index in [1.807, 2.05) is 24.3 Å². The van der Waals surface area contributed by atoms with Gasteiger partial charge in [0.2, 0.25) is 0 Å². The zero-order valence-corrected chi connectivity index (χ0v) is 16.7. The molecule has 0 radical (unpaired) electrons. The average molecular weight is 400 g/mol. The highest BCUT2D eigenvalue weighted by Crippen LogP contribution is 2.25. The quantitative estimate of drug-likeness (QED) is 0.463. The monoisotopic (exact) mass is 400 g/mol. The molecule has 0 unspecified atom stereocenters. The maximum atomic E-state index is 12.6. The number of ether oxygens (including phenoxy) is 2. The molecule has 0 aromatic heterocycles. The van der Waals surface area contributed by atoms with Crippen LogP contribution in [0.25, 0.3) is 11.1 Å². The Hall–Kier alpha value is -4.11. The van der Waals surface area contributed by atoms with Crippen LogP contribution in [0, 0.1) is 11.3 Å². The highest BCUT2D eigenvalue weighted by molar-refractivity contribution is 5.94. The van der Waals surface area contributed by atoms with Crippen LogP contribution in [0.2, 0.25) is 0 Å². The van der Waals surface area contributed by atoms with E-state index in [1.54, 1.807) is 62.6 Å². The number of esters is 1. The van der Waals surface area contributed by atoms with Crippen LogP contribution >= 0.6 is 0 Å². The molecule has 3 aromatic rings. The molecule has 0 saturated heterocycles. The molecule has 6 nitrogen and oxygen atoms in total. The van der Waals surface area contributed by atoms with Gasteiger partial charge >= 0.3 is 5.97 Å². The third kappa shape index (κ3) is 5.03. The Morgan fingerprint density at radius 3 is 2.10 bits per heavy atom. The molecule has 30 heavy (non-hydrogen) atoms. The number of nitrogens with zero attached hydrogens (tertiary/aromatic N) is 2. The molecule has 0 aliphatic heterocycles. The van der Waals surface area contributed by atoms with Gasteiger partial charge in [0.05, 0.1) is 11.6 Å². The second kappa shape index (κ2) is 9.39. The fourth-order valence-corrected chi connectivity index (χ4v) is 2.64. The molecule has 0 bridgehead atoms. The van der Waals surface area contributed by atoms with Crippen molar-refractivity contribution in [2.45, 2.75) is 0 Å². The third-order valence-electron chi connectivity index (χ3n) is 4.37. The zero-order valence-electron chi connectivity index (χ0n) is 16.7. The first-order valence-electron chi connectivity index (χ1n) is 9.22. The van der Waals surface area contributed by atoms with E-state index in [-0.39, 0.29) is 23.8 Å². The minimum atomic E-state index is -0.575. The van der Waals surface area contributed by atoms with Crippen molar-refractivity contribution in [1.29, 1.82) is 5.26 Å². The normalized spacial score (nSPS) is 10.0. The van der Waals surface area contributed by atoms with E-state index in [2.05, 4.69) is 6.07 Å². The van der Waals surface area contributed by atoms with Crippen LogP contribution in [-0.4, -0.2) is 37.5 Å². The van der Waals surface area contributed by atoms with E-state index in [0.29, 0.717) is 11.3 Å². The van der Waals surface area contributed by atoms with Crippen molar-refractivity contribution >= 4 is 11.9 Å². The van der Waals surface area contributed by atoms with Gasteiger partial charge in [-0.1, -0.05) is 36.4 Å². The lowest BCUT2D eigenvalue weighted by atomic mass is 10.0. The summed E-state index contributed by atoms with van der Waals surface area (Å²) < 4.78 is 11.0.